The Bertz CT molecular complexity index is 758. The molecule has 0 heterocycles. The number of hydrogen-bond acceptors (Lipinski definition) is 4. The summed E-state index contributed by atoms with van der Waals surface area (Å²) >= 11 is 17.2. The molecule has 0 radical (unpaired) electrons. The normalized spacial score (nSPS) is 11.8. The second kappa shape index (κ2) is 7.90. The first-order chi connectivity index (χ1) is 11.3. The molecule has 1 unspecified atom stereocenters. The molecule has 0 fully saturated rings. The van der Waals surface area contributed by atoms with E-state index in [-0.39, 0.29) is 18.0 Å². The summed E-state index contributed by atoms with van der Waals surface area (Å²) in [4.78, 5) is 1.63. The van der Waals surface area contributed by atoms with Crippen LogP contribution in [0.15, 0.2) is 36.4 Å². The minimum Gasteiger partial charge on any atom is -0.504 e. The van der Waals surface area contributed by atoms with Crippen molar-refractivity contribution in [3.63, 3.8) is 0 Å². The molecule has 2 rings (SSSR count). The first-order valence-corrected chi connectivity index (χ1v) is 8.11. The van der Waals surface area contributed by atoms with Crippen LogP contribution in [0.5, 0.6) is 11.5 Å². The van der Waals surface area contributed by atoms with Crippen molar-refractivity contribution in [3.8, 4) is 11.5 Å². The Hall–Kier alpha value is -1.73. The van der Waals surface area contributed by atoms with Gasteiger partial charge in [-0.3, -0.25) is 0 Å². The van der Waals surface area contributed by atoms with Gasteiger partial charge >= 0.3 is 0 Å². The Morgan fingerprint density at radius 2 is 1.88 bits per heavy atom. The molecule has 5 nitrogen and oxygen atoms in total. The van der Waals surface area contributed by atoms with Gasteiger partial charge in [0, 0.05) is 18.6 Å². The lowest BCUT2D eigenvalue weighted by Crippen LogP contribution is -2.34. The number of nitrogens with zero attached hydrogens (tertiary/aromatic N) is 1. The number of likely N-dealkylation sites (N-methyl/N-ethyl adjacent to an activating group) is 1. The van der Waals surface area contributed by atoms with Crippen molar-refractivity contribution in [1.82, 2.24) is 4.90 Å². The van der Waals surface area contributed by atoms with Crippen LogP contribution in [-0.2, 0) is 0 Å². The third-order valence-corrected chi connectivity index (χ3v) is 4.31. The van der Waals surface area contributed by atoms with Crippen LogP contribution in [0.3, 0.4) is 0 Å². The molecule has 0 saturated heterocycles. The fourth-order valence-corrected chi connectivity index (χ4v) is 2.64. The van der Waals surface area contributed by atoms with E-state index >= 15 is 0 Å². The quantitative estimate of drug-likeness (QED) is 0.473. The molecule has 8 heteroatoms. The number of benzene rings is 2. The molecule has 0 aliphatic heterocycles. The van der Waals surface area contributed by atoms with Crippen LogP contribution in [0.2, 0.25) is 10.0 Å². The van der Waals surface area contributed by atoms with E-state index in [4.69, 9.17) is 35.4 Å². The molecule has 2 aromatic rings. The number of anilines is 1. The van der Waals surface area contributed by atoms with E-state index in [1.165, 1.54) is 18.2 Å². The summed E-state index contributed by atoms with van der Waals surface area (Å²) in [5.41, 5.74) is 1.07. The van der Waals surface area contributed by atoms with Crippen LogP contribution in [0.25, 0.3) is 0 Å². The Morgan fingerprint density at radius 3 is 2.50 bits per heavy atom. The zero-order chi connectivity index (χ0) is 17.9. The molecular formula is C16H16Cl2N2O3S. The lowest BCUT2D eigenvalue weighted by molar-refractivity contribution is 0.152. The number of nitrogens with one attached hydrogen (secondary N) is 1. The lowest BCUT2D eigenvalue weighted by atomic mass is 10.1. The summed E-state index contributed by atoms with van der Waals surface area (Å²) in [6.45, 7) is 0.182. The fraction of sp³-hybridized carbons (Fsp3) is 0.188. The SMILES string of the molecule is CN(CC(O)c1ccc(O)c(O)c1)C(=S)Nc1ccc(Cl)cc1Cl. The second-order valence-corrected chi connectivity index (χ2v) is 6.43. The molecule has 24 heavy (non-hydrogen) atoms. The summed E-state index contributed by atoms with van der Waals surface area (Å²) in [7, 11) is 1.71. The predicted molar refractivity (Wildman–Crippen MR) is 100 cm³/mol. The zero-order valence-electron chi connectivity index (χ0n) is 12.7. The molecule has 0 saturated carbocycles. The molecule has 128 valence electrons. The summed E-state index contributed by atoms with van der Waals surface area (Å²) in [5, 5.41) is 33.4. The topological polar surface area (TPSA) is 76.0 Å². The van der Waals surface area contributed by atoms with Gasteiger partial charge in [0.2, 0.25) is 0 Å². The average molecular weight is 387 g/mol. The number of aliphatic hydroxyl groups is 1. The smallest absolute Gasteiger partial charge is 0.173 e. The van der Waals surface area contributed by atoms with E-state index in [1.807, 2.05) is 0 Å². The van der Waals surface area contributed by atoms with Gasteiger partial charge in [0.05, 0.1) is 16.8 Å². The number of rotatable bonds is 4. The highest BCUT2D eigenvalue weighted by molar-refractivity contribution is 7.80. The number of phenolic OH excluding ortho intramolecular Hbond substituents is 2. The van der Waals surface area contributed by atoms with Crippen LogP contribution in [0, 0.1) is 0 Å². The fourth-order valence-electron chi connectivity index (χ4n) is 2.00. The van der Waals surface area contributed by atoms with Crippen molar-refractivity contribution in [3.05, 3.63) is 52.0 Å². The second-order valence-electron chi connectivity index (χ2n) is 5.20. The largest absolute Gasteiger partial charge is 0.504 e. The number of phenols is 2. The Labute approximate surface area is 155 Å². The third kappa shape index (κ3) is 4.64. The molecule has 0 amide bonds. The summed E-state index contributed by atoms with van der Waals surface area (Å²) in [6.07, 6.45) is -0.901. The van der Waals surface area contributed by atoms with Gasteiger partial charge in [0.15, 0.2) is 16.6 Å². The number of aromatic hydroxyl groups is 2. The molecule has 0 spiro atoms. The highest BCUT2D eigenvalue weighted by Gasteiger charge is 2.15. The van der Waals surface area contributed by atoms with E-state index in [0.717, 1.165) is 0 Å². The first kappa shape index (κ1) is 18.6. The van der Waals surface area contributed by atoms with Gasteiger partial charge in [0.1, 0.15) is 0 Å². The average Bonchev–Trinajstić information content (AvgIpc) is 2.52. The van der Waals surface area contributed by atoms with Gasteiger partial charge in [-0.05, 0) is 48.1 Å². The molecule has 0 aliphatic rings. The molecule has 4 N–H and O–H groups in total. The molecule has 0 aliphatic carbocycles. The van der Waals surface area contributed by atoms with Crippen molar-refractivity contribution in [1.29, 1.82) is 0 Å². The number of hydrogen-bond donors (Lipinski definition) is 4. The van der Waals surface area contributed by atoms with Crippen LogP contribution in [-0.4, -0.2) is 38.9 Å². The van der Waals surface area contributed by atoms with Crippen molar-refractivity contribution < 1.29 is 15.3 Å². The van der Waals surface area contributed by atoms with Gasteiger partial charge in [-0.15, -0.1) is 0 Å². The van der Waals surface area contributed by atoms with E-state index in [1.54, 1.807) is 30.1 Å². The van der Waals surface area contributed by atoms with Crippen molar-refractivity contribution >= 4 is 46.2 Å². The third-order valence-electron chi connectivity index (χ3n) is 3.35. The van der Waals surface area contributed by atoms with Crippen molar-refractivity contribution in [2.24, 2.45) is 0 Å². The van der Waals surface area contributed by atoms with Crippen LogP contribution in [0.4, 0.5) is 5.69 Å². The van der Waals surface area contributed by atoms with E-state index < -0.39 is 6.10 Å². The zero-order valence-corrected chi connectivity index (χ0v) is 15.0. The lowest BCUT2D eigenvalue weighted by Gasteiger charge is -2.24. The molecular weight excluding hydrogens is 371 g/mol. The standard InChI is InChI=1S/C16H16Cl2N2O3S/c1-20(8-15(23)9-2-5-13(21)14(22)6-9)16(24)19-12-4-3-10(17)7-11(12)18/h2-7,15,21-23H,8H2,1H3,(H,19,24). The predicted octanol–water partition coefficient (Wildman–Crippen LogP) is 3.77. The minimum atomic E-state index is -0.901. The molecule has 1 atom stereocenters. The maximum Gasteiger partial charge on any atom is 0.173 e. The van der Waals surface area contributed by atoms with Crippen LogP contribution < -0.4 is 5.32 Å². The maximum absolute atomic E-state index is 10.2. The Morgan fingerprint density at radius 1 is 1.17 bits per heavy atom. The van der Waals surface area contributed by atoms with Crippen molar-refractivity contribution in [2.75, 3.05) is 18.9 Å². The molecule has 2 aromatic carbocycles. The summed E-state index contributed by atoms with van der Waals surface area (Å²) < 4.78 is 0. The van der Waals surface area contributed by atoms with Gasteiger partial charge in [-0.1, -0.05) is 29.3 Å². The van der Waals surface area contributed by atoms with Crippen LogP contribution in [0.1, 0.15) is 11.7 Å². The van der Waals surface area contributed by atoms with Gasteiger partial charge in [0.25, 0.3) is 0 Å². The Balaban J connectivity index is 2.01. The van der Waals surface area contributed by atoms with Crippen LogP contribution >= 0.6 is 35.4 Å². The first-order valence-electron chi connectivity index (χ1n) is 6.95. The number of aliphatic hydroxyl groups excluding tert-OH is 1. The Kier molecular flexibility index (Phi) is 6.12. The van der Waals surface area contributed by atoms with Gasteiger partial charge in [-0.25, -0.2) is 0 Å². The molecule has 0 bridgehead atoms. The van der Waals surface area contributed by atoms with Gasteiger partial charge in [-0.2, -0.15) is 0 Å². The summed E-state index contributed by atoms with van der Waals surface area (Å²) in [5.74, 6) is -0.531. The highest BCUT2D eigenvalue weighted by Crippen LogP contribution is 2.28. The van der Waals surface area contributed by atoms with Gasteiger partial charge < -0.3 is 25.5 Å². The summed E-state index contributed by atoms with van der Waals surface area (Å²) in [6, 6.07) is 9.15. The van der Waals surface area contributed by atoms with E-state index in [0.29, 0.717) is 26.4 Å². The minimum absolute atomic E-state index is 0.182. The maximum atomic E-state index is 10.2. The molecule has 0 aromatic heterocycles. The number of halogens is 2. The van der Waals surface area contributed by atoms with Crippen molar-refractivity contribution in [2.45, 2.75) is 6.10 Å². The van der Waals surface area contributed by atoms with E-state index in [2.05, 4.69) is 5.32 Å². The van der Waals surface area contributed by atoms with E-state index in [9.17, 15) is 15.3 Å². The number of thiocarbonyl (C=S) groups is 1. The highest BCUT2D eigenvalue weighted by atomic mass is 35.5. The monoisotopic (exact) mass is 386 g/mol.